The second-order valence-corrected chi connectivity index (χ2v) is 8.55. The molecule has 0 unspecified atom stereocenters. The van der Waals surface area contributed by atoms with Crippen LogP contribution in [0.5, 0.6) is 0 Å². The molecule has 0 bridgehead atoms. The van der Waals surface area contributed by atoms with Crippen molar-refractivity contribution in [3.8, 4) is 0 Å². The minimum atomic E-state index is -1.07. The summed E-state index contributed by atoms with van der Waals surface area (Å²) in [5.41, 5.74) is 5.71. The molecule has 1 aromatic carbocycles. The number of amides is 3. The Morgan fingerprint density at radius 2 is 1.97 bits per heavy atom. The highest BCUT2D eigenvalue weighted by Crippen LogP contribution is 2.38. The van der Waals surface area contributed by atoms with Gasteiger partial charge in [0.2, 0.25) is 11.8 Å². The molecule has 0 saturated carbocycles. The lowest BCUT2D eigenvalue weighted by molar-refractivity contribution is -0.142. The molecule has 0 aromatic heterocycles. The van der Waals surface area contributed by atoms with E-state index in [1.807, 2.05) is 30.3 Å². The molecule has 1 fully saturated rings. The normalized spacial score (nSPS) is 22.8. The van der Waals surface area contributed by atoms with Crippen LogP contribution in [0.2, 0.25) is 0 Å². The zero-order chi connectivity index (χ0) is 21.4. The number of likely N-dealkylation sites (tertiary alicyclic amines) is 1. The van der Waals surface area contributed by atoms with Gasteiger partial charge >= 0.3 is 0 Å². The monoisotopic (exact) mass is 399 g/mol. The van der Waals surface area contributed by atoms with Crippen molar-refractivity contribution in [2.45, 2.75) is 45.2 Å². The molecule has 8 heteroatoms. The number of carbonyl (C=O) groups excluding carboxylic acids is 3. The largest absolute Gasteiger partial charge is 0.343 e. The van der Waals surface area contributed by atoms with E-state index >= 15 is 0 Å². The number of hydrogen-bond acceptors (Lipinski definition) is 5. The minimum Gasteiger partial charge on any atom is -0.343 e. The summed E-state index contributed by atoms with van der Waals surface area (Å²) < 4.78 is 0. The SMILES string of the molecule is C[C@@H](NC(=O)C(C)(C)N)C(=O)N1CCC2=NN(C)C(=O)[C@]2(Cc2ccccc2)C1. The van der Waals surface area contributed by atoms with E-state index in [4.69, 9.17) is 5.73 Å². The van der Waals surface area contributed by atoms with Crippen molar-refractivity contribution in [2.24, 2.45) is 16.3 Å². The Morgan fingerprint density at radius 1 is 1.31 bits per heavy atom. The molecule has 1 aromatic rings. The van der Waals surface area contributed by atoms with Gasteiger partial charge in [-0.25, -0.2) is 5.01 Å². The molecule has 0 aliphatic carbocycles. The maximum absolute atomic E-state index is 13.1. The second kappa shape index (κ2) is 7.59. The number of fused-ring (bicyclic) bond motifs is 1. The van der Waals surface area contributed by atoms with Gasteiger partial charge in [-0.15, -0.1) is 0 Å². The zero-order valence-electron chi connectivity index (χ0n) is 17.4. The van der Waals surface area contributed by atoms with Crippen LogP contribution in [0.3, 0.4) is 0 Å². The Hall–Kier alpha value is -2.74. The topological polar surface area (TPSA) is 108 Å². The highest BCUT2D eigenvalue weighted by Gasteiger charge is 2.53. The summed E-state index contributed by atoms with van der Waals surface area (Å²) in [5.74, 6) is -0.724. The van der Waals surface area contributed by atoms with Gasteiger partial charge < -0.3 is 16.0 Å². The Bertz CT molecular complexity index is 846. The summed E-state index contributed by atoms with van der Waals surface area (Å²) in [6.45, 7) is 5.52. The van der Waals surface area contributed by atoms with Gasteiger partial charge in [0.25, 0.3) is 5.91 Å². The molecule has 0 spiro atoms. The average molecular weight is 399 g/mol. The Kier molecular flexibility index (Phi) is 5.49. The van der Waals surface area contributed by atoms with Crippen LogP contribution in [0.25, 0.3) is 0 Å². The molecule has 29 heavy (non-hydrogen) atoms. The lowest BCUT2D eigenvalue weighted by atomic mass is 9.73. The van der Waals surface area contributed by atoms with E-state index in [9.17, 15) is 14.4 Å². The first kappa shape index (κ1) is 21.0. The van der Waals surface area contributed by atoms with E-state index in [0.717, 1.165) is 11.3 Å². The third kappa shape index (κ3) is 4.03. The number of hydrogen-bond donors (Lipinski definition) is 2. The number of benzene rings is 1. The van der Waals surface area contributed by atoms with E-state index in [1.54, 1.807) is 32.7 Å². The lowest BCUT2D eigenvalue weighted by Gasteiger charge is -2.40. The number of piperidine rings is 1. The summed E-state index contributed by atoms with van der Waals surface area (Å²) in [6.07, 6.45) is 1.01. The number of nitrogens with one attached hydrogen (secondary N) is 1. The fourth-order valence-electron chi connectivity index (χ4n) is 3.93. The first-order valence-corrected chi connectivity index (χ1v) is 9.83. The summed E-state index contributed by atoms with van der Waals surface area (Å²) in [7, 11) is 1.65. The van der Waals surface area contributed by atoms with Gasteiger partial charge in [0.15, 0.2) is 0 Å². The van der Waals surface area contributed by atoms with Crippen LogP contribution in [-0.4, -0.2) is 65.1 Å². The lowest BCUT2D eigenvalue weighted by Crippen LogP contribution is -2.60. The molecule has 156 valence electrons. The van der Waals surface area contributed by atoms with E-state index in [0.29, 0.717) is 19.4 Å². The molecule has 2 heterocycles. The zero-order valence-corrected chi connectivity index (χ0v) is 17.4. The number of hydrazone groups is 1. The van der Waals surface area contributed by atoms with E-state index in [2.05, 4.69) is 10.4 Å². The van der Waals surface area contributed by atoms with Gasteiger partial charge in [-0.3, -0.25) is 14.4 Å². The summed E-state index contributed by atoms with van der Waals surface area (Å²) in [6, 6.07) is 9.02. The number of rotatable bonds is 5. The molecule has 2 atom stereocenters. The van der Waals surface area contributed by atoms with Crippen LogP contribution in [0.1, 0.15) is 32.8 Å². The quantitative estimate of drug-likeness (QED) is 0.752. The third-order valence-electron chi connectivity index (χ3n) is 5.57. The van der Waals surface area contributed by atoms with Gasteiger partial charge in [0, 0.05) is 26.6 Å². The summed E-state index contributed by atoms with van der Waals surface area (Å²) in [4.78, 5) is 40.0. The Labute approximate surface area is 171 Å². The third-order valence-corrected chi connectivity index (χ3v) is 5.57. The molecular formula is C21H29N5O3. The van der Waals surface area contributed by atoms with Crippen LogP contribution in [-0.2, 0) is 20.8 Å². The molecule has 2 aliphatic rings. The van der Waals surface area contributed by atoms with Crippen molar-refractivity contribution in [1.82, 2.24) is 15.2 Å². The molecule has 3 rings (SSSR count). The van der Waals surface area contributed by atoms with Crippen molar-refractivity contribution < 1.29 is 14.4 Å². The predicted molar refractivity (Wildman–Crippen MR) is 110 cm³/mol. The maximum atomic E-state index is 13.1. The van der Waals surface area contributed by atoms with E-state index in [-0.39, 0.29) is 18.4 Å². The fraction of sp³-hybridized carbons (Fsp3) is 0.524. The fourth-order valence-corrected chi connectivity index (χ4v) is 3.93. The Morgan fingerprint density at radius 3 is 2.59 bits per heavy atom. The number of nitrogens with zero attached hydrogens (tertiary/aromatic N) is 3. The van der Waals surface area contributed by atoms with Gasteiger partial charge in [0.1, 0.15) is 11.5 Å². The molecule has 3 N–H and O–H groups in total. The number of nitrogens with two attached hydrogens (primary N) is 1. The average Bonchev–Trinajstić information content (AvgIpc) is 2.91. The van der Waals surface area contributed by atoms with Crippen molar-refractivity contribution in [1.29, 1.82) is 0 Å². The molecule has 0 radical (unpaired) electrons. The molecular weight excluding hydrogens is 370 g/mol. The molecule has 2 aliphatic heterocycles. The highest BCUT2D eigenvalue weighted by atomic mass is 16.2. The number of carbonyl (C=O) groups is 3. The van der Waals surface area contributed by atoms with Crippen LogP contribution < -0.4 is 11.1 Å². The van der Waals surface area contributed by atoms with Gasteiger partial charge in [-0.2, -0.15) is 5.10 Å². The maximum Gasteiger partial charge on any atom is 0.256 e. The van der Waals surface area contributed by atoms with Crippen LogP contribution in [0.4, 0.5) is 0 Å². The smallest absolute Gasteiger partial charge is 0.256 e. The molecule has 8 nitrogen and oxygen atoms in total. The van der Waals surface area contributed by atoms with Gasteiger partial charge in [-0.05, 0) is 32.8 Å². The van der Waals surface area contributed by atoms with Crippen LogP contribution in [0.15, 0.2) is 35.4 Å². The molecule has 1 saturated heterocycles. The van der Waals surface area contributed by atoms with Gasteiger partial charge in [0.05, 0.1) is 11.3 Å². The van der Waals surface area contributed by atoms with Gasteiger partial charge in [-0.1, -0.05) is 30.3 Å². The van der Waals surface area contributed by atoms with E-state index < -0.39 is 22.9 Å². The van der Waals surface area contributed by atoms with Crippen LogP contribution >= 0.6 is 0 Å². The highest BCUT2D eigenvalue weighted by molar-refractivity contribution is 6.13. The minimum absolute atomic E-state index is 0.103. The summed E-state index contributed by atoms with van der Waals surface area (Å²) in [5, 5.41) is 8.52. The van der Waals surface area contributed by atoms with Crippen molar-refractivity contribution in [2.75, 3.05) is 20.1 Å². The van der Waals surface area contributed by atoms with E-state index in [1.165, 1.54) is 5.01 Å². The van der Waals surface area contributed by atoms with Crippen molar-refractivity contribution in [3.63, 3.8) is 0 Å². The molecule has 3 amide bonds. The van der Waals surface area contributed by atoms with Crippen molar-refractivity contribution >= 4 is 23.4 Å². The Balaban J connectivity index is 1.82. The van der Waals surface area contributed by atoms with Crippen molar-refractivity contribution in [3.05, 3.63) is 35.9 Å². The van der Waals surface area contributed by atoms with Crippen LogP contribution in [0, 0.1) is 5.41 Å². The summed E-state index contributed by atoms with van der Waals surface area (Å²) >= 11 is 0. The standard InChI is InChI=1S/C21H29N5O3/c1-14(23-18(28)20(2,3)22)17(27)26-11-10-16-21(13-26,19(29)25(4)24-16)12-15-8-6-5-7-9-15/h5-9,14H,10-13,22H2,1-4H3,(H,23,28)/t14-,21-/m1/s1. The predicted octanol–water partition coefficient (Wildman–Crippen LogP) is 0.518. The second-order valence-electron chi connectivity index (χ2n) is 8.55. The first-order valence-electron chi connectivity index (χ1n) is 9.83. The first-order chi connectivity index (χ1) is 13.5.